The van der Waals surface area contributed by atoms with E-state index in [0.29, 0.717) is 0 Å². The van der Waals surface area contributed by atoms with Crippen LogP contribution in [0.2, 0.25) is 0 Å². The Morgan fingerprint density at radius 1 is 0.900 bits per heavy atom. The third kappa shape index (κ3) is 10.9. The third-order valence-corrected chi connectivity index (χ3v) is 1.11. The molecule has 0 heterocycles. The summed E-state index contributed by atoms with van der Waals surface area (Å²) in [6, 6.07) is 0. The Labute approximate surface area is 67.2 Å². The van der Waals surface area contributed by atoms with Crippen molar-refractivity contribution < 1.29 is 0 Å². The smallest absolute Gasteiger partial charge is 0 e. The van der Waals surface area contributed by atoms with Crippen LogP contribution in [-0.2, 0) is 0 Å². The molecular weight excluding hydrogens is 121 g/mol. The van der Waals surface area contributed by atoms with E-state index >= 15 is 0 Å². The molecule has 0 fully saturated rings. The molecule has 0 atom stereocenters. The minimum Gasteiger partial charge on any atom is -0.316 e. The highest BCUT2D eigenvalue weighted by Gasteiger charge is 1.93. The summed E-state index contributed by atoms with van der Waals surface area (Å²) in [6.45, 7) is 11.2. The lowest BCUT2D eigenvalue weighted by molar-refractivity contribution is 0.497. The average molecular weight is 140 g/mol. The maximum Gasteiger partial charge on any atom is 0 e. The van der Waals surface area contributed by atoms with Gasteiger partial charge >= 0.3 is 0 Å². The topological polar surface area (TPSA) is 12.0 Å². The van der Waals surface area contributed by atoms with Crippen molar-refractivity contribution in [1.82, 2.24) is 5.32 Å². The second kappa shape index (κ2) is 7.14. The Balaban J connectivity index is 0. The van der Waals surface area contributed by atoms with Gasteiger partial charge in [-0.2, -0.15) is 0 Å². The summed E-state index contributed by atoms with van der Waals surface area (Å²) in [4.78, 5) is 0. The molecular formula is C8H19BN. The molecule has 3 radical (unpaired) electrons. The Morgan fingerprint density at radius 2 is 1.20 bits per heavy atom. The van der Waals surface area contributed by atoms with E-state index in [2.05, 4.69) is 33.0 Å². The van der Waals surface area contributed by atoms with Gasteiger partial charge in [-0.05, 0) is 24.9 Å². The van der Waals surface area contributed by atoms with Crippen molar-refractivity contribution in [1.29, 1.82) is 0 Å². The van der Waals surface area contributed by atoms with Gasteiger partial charge in [-0.25, -0.2) is 0 Å². The molecule has 0 aliphatic carbocycles. The maximum absolute atomic E-state index is 3.38. The zero-order chi connectivity index (χ0) is 7.28. The van der Waals surface area contributed by atoms with Gasteiger partial charge in [0.1, 0.15) is 0 Å². The van der Waals surface area contributed by atoms with Gasteiger partial charge in [-0.3, -0.25) is 0 Å². The lowest BCUT2D eigenvalue weighted by atomic mass is 10.2. The van der Waals surface area contributed by atoms with E-state index < -0.39 is 0 Å². The molecule has 0 amide bonds. The fourth-order valence-electron chi connectivity index (χ4n) is 0.661. The Bertz CT molecular complexity index is 54.3. The fraction of sp³-hybridized carbons (Fsp3) is 1.00. The normalized spacial score (nSPS) is 10.2. The number of hydrogen-bond acceptors (Lipinski definition) is 1. The third-order valence-electron chi connectivity index (χ3n) is 1.11. The molecule has 0 saturated carbocycles. The molecule has 59 valence electrons. The van der Waals surface area contributed by atoms with Crippen molar-refractivity contribution in [2.24, 2.45) is 11.8 Å². The van der Waals surface area contributed by atoms with E-state index in [1.165, 1.54) is 0 Å². The van der Waals surface area contributed by atoms with Crippen LogP contribution >= 0.6 is 0 Å². The highest BCUT2D eigenvalue weighted by Crippen LogP contribution is 1.90. The molecule has 0 aliphatic rings. The van der Waals surface area contributed by atoms with E-state index in [0.717, 1.165) is 24.9 Å². The zero-order valence-electron chi connectivity index (χ0n) is 7.65. The first-order chi connectivity index (χ1) is 4.13. The monoisotopic (exact) mass is 140 g/mol. The van der Waals surface area contributed by atoms with Crippen LogP contribution in [0.15, 0.2) is 0 Å². The second-order valence-corrected chi connectivity index (χ2v) is 3.45. The van der Waals surface area contributed by atoms with Gasteiger partial charge < -0.3 is 5.32 Å². The number of hydrogen-bond donors (Lipinski definition) is 1. The summed E-state index contributed by atoms with van der Waals surface area (Å²) >= 11 is 0. The molecule has 0 aromatic carbocycles. The van der Waals surface area contributed by atoms with E-state index in [1.54, 1.807) is 0 Å². The summed E-state index contributed by atoms with van der Waals surface area (Å²) in [5.74, 6) is 1.56. The SMILES string of the molecule is CC(C)CNCC(C)C.[B]. The maximum atomic E-state index is 3.38. The molecule has 2 heteroatoms. The van der Waals surface area contributed by atoms with Gasteiger partial charge in [0.05, 0.1) is 0 Å². The van der Waals surface area contributed by atoms with E-state index in [-0.39, 0.29) is 8.41 Å². The quantitative estimate of drug-likeness (QED) is 0.583. The van der Waals surface area contributed by atoms with Crippen molar-refractivity contribution >= 4 is 8.41 Å². The molecule has 0 unspecified atom stereocenters. The predicted molar refractivity (Wildman–Crippen MR) is 48.3 cm³/mol. The van der Waals surface area contributed by atoms with E-state index in [4.69, 9.17) is 0 Å². The van der Waals surface area contributed by atoms with Crippen molar-refractivity contribution in [3.63, 3.8) is 0 Å². The molecule has 0 aliphatic heterocycles. The highest BCUT2D eigenvalue weighted by molar-refractivity contribution is 5.75. The molecule has 0 aromatic rings. The van der Waals surface area contributed by atoms with Crippen molar-refractivity contribution in [2.75, 3.05) is 13.1 Å². The van der Waals surface area contributed by atoms with Crippen LogP contribution in [0.25, 0.3) is 0 Å². The first-order valence-corrected chi connectivity index (χ1v) is 3.83. The number of rotatable bonds is 4. The van der Waals surface area contributed by atoms with E-state index in [9.17, 15) is 0 Å². The van der Waals surface area contributed by atoms with Gasteiger partial charge in [0, 0.05) is 8.41 Å². The van der Waals surface area contributed by atoms with Crippen LogP contribution in [0.3, 0.4) is 0 Å². The molecule has 1 nitrogen and oxygen atoms in total. The van der Waals surface area contributed by atoms with Gasteiger partial charge in [0.15, 0.2) is 0 Å². The van der Waals surface area contributed by atoms with Gasteiger partial charge in [0.25, 0.3) is 0 Å². The Morgan fingerprint density at radius 3 is 1.40 bits per heavy atom. The summed E-state index contributed by atoms with van der Waals surface area (Å²) in [5, 5.41) is 3.38. The predicted octanol–water partition coefficient (Wildman–Crippen LogP) is 1.51. The first kappa shape index (κ1) is 12.7. The Kier molecular flexibility index (Phi) is 9.05. The summed E-state index contributed by atoms with van der Waals surface area (Å²) in [7, 11) is 0. The molecule has 0 spiro atoms. The first-order valence-electron chi connectivity index (χ1n) is 3.83. The van der Waals surface area contributed by atoms with Crippen molar-refractivity contribution in [2.45, 2.75) is 27.7 Å². The summed E-state index contributed by atoms with van der Waals surface area (Å²) in [6.07, 6.45) is 0. The van der Waals surface area contributed by atoms with Gasteiger partial charge in [-0.1, -0.05) is 27.7 Å². The lowest BCUT2D eigenvalue weighted by Crippen LogP contribution is -2.23. The largest absolute Gasteiger partial charge is 0.316 e. The standard InChI is InChI=1S/C8H19N.B/c1-7(2)5-9-6-8(3)4;/h7-9H,5-6H2,1-4H3;. The minimum atomic E-state index is 0. The minimum absolute atomic E-state index is 0. The van der Waals surface area contributed by atoms with Crippen LogP contribution < -0.4 is 5.32 Å². The molecule has 1 N–H and O–H groups in total. The molecule has 0 aromatic heterocycles. The van der Waals surface area contributed by atoms with E-state index in [1.807, 2.05) is 0 Å². The fourth-order valence-corrected chi connectivity index (χ4v) is 0.661. The van der Waals surface area contributed by atoms with Crippen LogP contribution in [0.1, 0.15) is 27.7 Å². The Hall–Kier alpha value is 0.0249. The van der Waals surface area contributed by atoms with Crippen molar-refractivity contribution in [3.05, 3.63) is 0 Å². The van der Waals surface area contributed by atoms with Crippen LogP contribution in [0.4, 0.5) is 0 Å². The summed E-state index contributed by atoms with van der Waals surface area (Å²) < 4.78 is 0. The molecule has 0 rings (SSSR count). The highest BCUT2D eigenvalue weighted by atomic mass is 14.9. The van der Waals surface area contributed by atoms with Crippen LogP contribution in [0, 0.1) is 11.8 Å². The second-order valence-electron chi connectivity index (χ2n) is 3.45. The molecule has 10 heavy (non-hydrogen) atoms. The summed E-state index contributed by atoms with van der Waals surface area (Å²) in [5.41, 5.74) is 0. The van der Waals surface area contributed by atoms with Crippen molar-refractivity contribution in [3.8, 4) is 0 Å². The lowest BCUT2D eigenvalue weighted by Gasteiger charge is -2.08. The zero-order valence-corrected chi connectivity index (χ0v) is 7.65. The van der Waals surface area contributed by atoms with Crippen LogP contribution in [0.5, 0.6) is 0 Å². The van der Waals surface area contributed by atoms with Crippen LogP contribution in [-0.4, -0.2) is 21.5 Å². The molecule has 0 saturated heterocycles. The average Bonchev–Trinajstić information content (AvgIpc) is 1.63. The van der Waals surface area contributed by atoms with Gasteiger partial charge in [-0.15, -0.1) is 0 Å². The van der Waals surface area contributed by atoms with Gasteiger partial charge in [0.2, 0.25) is 0 Å². The number of nitrogens with one attached hydrogen (secondary N) is 1. The molecule has 0 bridgehead atoms.